The molecule has 1 heterocycles. The molecule has 0 amide bonds. The van der Waals surface area contributed by atoms with E-state index in [2.05, 4.69) is 25.7 Å². The zero-order valence-corrected chi connectivity index (χ0v) is 10.2. The molecule has 0 saturated carbocycles. The Hall–Kier alpha value is -0.0800. The van der Waals surface area contributed by atoms with Crippen molar-refractivity contribution in [3.8, 4) is 0 Å². The van der Waals surface area contributed by atoms with Gasteiger partial charge in [-0.15, -0.1) is 0 Å². The minimum Gasteiger partial charge on any atom is -0.378 e. The fourth-order valence-electron chi connectivity index (χ4n) is 2.46. The molecule has 0 radical (unpaired) electrons. The summed E-state index contributed by atoms with van der Waals surface area (Å²) in [5.74, 6) is 0. The van der Waals surface area contributed by atoms with Crippen molar-refractivity contribution in [3.05, 3.63) is 0 Å². The monoisotopic (exact) mass is 199 g/mol. The van der Waals surface area contributed by atoms with Crippen molar-refractivity contribution in [2.75, 3.05) is 20.2 Å². The molecule has 0 N–H and O–H groups in total. The molecule has 2 nitrogen and oxygen atoms in total. The Bertz CT molecular complexity index is 160. The molecule has 0 aromatic heterocycles. The molecular formula is C12H25NO. The third-order valence-electron chi connectivity index (χ3n) is 3.58. The molecule has 1 aliphatic heterocycles. The molecule has 0 spiro atoms. The summed E-state index contributed by atoms with van der Waals surface area (Å²) in [6.45, 7) is 9.20. The molecule has 0 atom stereocenters. The summed E-state index contributed by atoms with van der Waals surface area (Å²) in [6.07, 6.45) is 4.86. The SMILES string of the molecule is CCCC1(OC)CCN(C(C)C)CC1. The van der Waals surface area contributed by atoms with Gasteiger partial charge in [-0.2, -0.15) is 0 Å². The average molecular weight is 199 g/mol. The highest BCUT2D eigenvalue weighted by molar-refractivity contribution is 4.87. The molecule has 0 aliphatic carbocycles. The van der Waals surface area contributed by atoms with E-state index in [0.29, 0.717) is 6.04 Å². The van der Waals surface area contributed by atoms with Gasteiger partial charge in [0.1, 0.15) is 0 Å². The van der Waals surface area contributed by atoms with E-state index in [-0.39, 0.29) is 5.60 Å². The van der Waals surface area contributed by atoms with Gasteiger partial charge in [0.25, 0.3) is 0 Å². The topological polar surface area (TPSA) is 12.5 Å². The lowest BCUT2D eigenvalue weighted by Crippen LogP contribution is -2.47. The molecule has 0 aromatic carbocycles. The third-order valence-corrected chi connectivity index (χ3v) is 3.58. The van der Waals surface area contributed by atoms with E-state index >= 15 is 0 Å². The Kier molecular flexibility index (Phi) is 4.39. The molecule has 1 fully saturated rings. The maximum atomic E-state index is 5.72. The lowest BCUT2D eigenvalue weighted by Gasteiger charge is -2.42. The number of likely N-dealkylation sites (tertiary alicyclic amines) is 1. The van der Waals surface area contributed by atoms with Crippen LogP contribution in [0, 0.1) is 0 Å². The number of piperidine rings is 1. The third kappa shape index (κ3) is 2.71. The first-order valence-corrected chi connectivity index (χ1v) is 5.93. The average Bonchev–Trinajstić information content (AvgIpc) is 2.19. The first kappa shape index (κ1) is 12.0. The van der Waals surface area contributed by atoms with Crippen molar-refractivity contribution in [2.45, 2.75) is 58.1 Å². The van der Waals surface area contributed by atoms with Crippen LogP contribution in [0.4, 0.5) is 0 Å². The standard InChI is InChI=1S/C12H25NO/c1-5-6-12(14-4)7-9-13(10-8-12)11(2)3/h11H,5-10H2,1-4H3. The van der Waals surface area contributed by atoms with Gasteiger partial charge in [-0.05, 0) is 33.1 Å². The molecule has 0 aromatic rings. The fourth-order valence-corrected chi connectivity index (χ4v) is 2.46. The predicted octanol–water partition coefficient (Wildman–Crippen LogP) is 2.68. The summed E-state index contributed by atoms with van der Waals surface area (Å²) in [4.78, 5) is 2.55. The van der Waals surface area contributed by atoms with E-state index in [1.807, 2.05) is 7.11 Å². The highest BCUT2D eigenvalue weighted by Gasteiger charge is 2.33. The smallest absolute Gasteiger partial charge is 0.0703 e. The van der Waals surface area contributed by atoms with Crippen molar-refractivity contribution >= 4 is 0 Å². The first-order valence-electron chi connectivity index (χ1n) is 5.93. The van der Waals surface area contributed by atoms with Crippen molar-refractivity contribution in [1.82, 2.24) is 4.90 Å². The number of hydrogen-bond donors (Lipinski definition) is 0. The van der Waals surface area contributed by atoms with Gasteiger partial charge in [-0.25, -0.2) is 0 Å². The van der Waals surface area contributed by atoms with E-state index in [0.717, 1.165) is 0 Å². The first-order chi connectivity index (χ1) is 6.63. The van der Waals surface area contributed by atoms with Crippen molar-refractivity contribution in [1.29, 1.82) is 0 Å². The maximum Gasteiger partial charge on any atom is 0.0703 e. The number of nitrogens with zero attached hydrogens (tertiary/aromatic N) is 1. The lowest BCUT2D eigenvalue weighted by atomic mass is 9.86. The minimum atomic E-state index is 0.195. The molecule has 1 rings (SSSR count). The summed E-state index contributed by atoms with van der Waals surface area (Å²) in [7, 11) is 1.88. The molecule has 0 bridgehead atoms. The van der Waals surface area contributed by atoms with Crippen molar-refractivity contribution in [2.24, 2.45) is 0 Å². The number of methoxy groups -OCH3 is 1. The number of hydrogen-bond acceptors (Lipinski definition) is 2. The predicted molar refractivity (Wildman–Crippen MR) is 60.6 cm³/mol. The van der Waals surface area contributed by atoms with Gasteiger partial charge in [0, 0.05) is 26.2 Å². The summed E-state index contributed by atoms with van der Waals surface area (Å²) < 4.78 is 5.72. The van der Waals surface area contributed by atoms with E-state index in [1.165, 1.54) is 38.8 Å². The molecule has 1 saturated heterocycles. The van der Waals surface area contributed by atoms with E-state index < -0.39 is 0 Å². The summed E-state index contributed by atoms with van der Waals surface area (Å²) in [5, 5.41) is 0. The second-order valence-electron chi connectivity index (χ2n) is 4.77. The van der Waals surface area contributed by atoms with Crippen LogP contribution < -0.4 is 0 Å². The maximum absolute atomic E-state index is 5.72. The second-order valence-corrected chi connectivity index (χ2v) is 4.77. The van der Waals surface area contributed by atoms with Gasteiger partial charge >= 0.3 is 0 Å². The Morgan fingerprint density at radius 2 is 1.86 bits per heavy atom. The summed E-state index contributed by atoms with van der Waals surface area (Å²) in [6, 6.07) is 0.687. The van der Waals surface area contributed by atoms with Crippen LogP contribution in [0.25, 0.3) is 0 Å². The minimum absolute atomic E-state index is 0.195. The molecule has 1 aliphatic rings. The lowest BCUT2D eigenvalue weighted by molar-refractivity contribution is -0.0673. The molecule has 2 heteroatoms. The van der Waals surface area contributed by atoms with Gasteiger partial charge in [0.2, 0.25) is 0 Å². The quantitative estimate of drug-likeness (QED) is 0.690. The molecule has 14 heavy (non-hydrogen) atoms. The van der Waals surface area contributed by atoms with Gasteiger partial charge in [-0.1, -0.05) is 13.3 Å². The normalized spacial score (nSPS) is 22.9. The van der Waals surface area contributed by atoms with Gasteiger partial charge in [-0.3, -0.25) is 0 Å². The largest absolute Gasteiger partial charge is 0.378 e. The Morgan fingerprint density at radius 3 is 2.21 bits per heavy atom. The van der Waals surface area contributed by atoms with Crippen molar-refractivity contribution < 1.29 is 4.74 Å². The highest BCUT2D eigenvalue weighted by atomic mass is 16.5. The van der Waals surface area contributed by atoms with Crippen LogP contribution in [-0.4, -0.2) is 36.7 Å². The highest BCUT2D eigenvalue weighted by Crippen LogP contribution is 2.30. The summed E-state index contributed by atoms with van der Waals surface area (Å²) >= 11 is 0. The van der Waals surface area contributed by atoms with Crippen LogP contribution in [-0.2, 0) is 4.74 Å². The number of rotatable bonds is 4. The zero-order valence-electron chi connectivity index (χ0n) is 10.2. The van der Waals surface area contributed by atoms with E-state index in [9.17, 15) is 0 Å². The molecular weight excluding hydrogens is 174 g/mol. The second kappa shape index (κ2) is 5.13. The number of ether oxygens (including phenoxy) is 1. The van der Waals surface area contributed by atoms with Gasteiger partial charge in [0.05, 0.1) is 5.60 Å². The van der Waals surface area contributed by atoms with Crippen LogP contribution in [0.2, 0.25) is 0 Å². The summed E-state index contributed by atoms with van der Waals surface area (Å²) in [5.41, 5.74) is 0.195. The Labute approximate surface area is 88.6 Å². The van der Waals surface area contributed by atoms with E-state index in [1.54, 1.807) is 0 Å². The zero-order chi connectivity index (χ0) is 10.6. The van der Waals surface area contributed by atoms with Gasteiger partial charge < -0.3 is 9.64 Å². The van der Waals surface area contributed by atoms with Gasteiger partial charge in [0.15, 0.2) is 0 Å². The molecule has 84 valence electrons. The Balaban J connectivity index is 2.46. The van der Waals surface area contributed by atoms with Crippen LogP contribution >= 0.6 is 0 Å². The van der Waals surface area contributed by atoms with Crippen LogP contribution in [0.15, 0.2) is 0 Å². The fraction of sp³-hybridized carbons (Fsp3) is 1.00. The van der Waals surface area contributed by atoms with Crippen LogP contribution in [0.1, 0.15) is 46.5 Å². The molecule has 0 unspecified atom stereocenters. The van der Waals surface area contributed by atoms with Crippen LogP contribution in [0.5, 0.6) is 0 Å². The van der Waals surface area contributed by atoms with E-state index in [4.69, 9.17) is 4.74 Å². The van der Waals surface area contributed by atoms with Crippen LogP contribution in [0.3, 0.4) is 0 Å². The van der Waals surface area contributed by atoms with Crippen molar-refractivity contribution in [3.63, 3.8) is 0 Å². The Morgan fingerprint density at radius 1 is 1.29 bits per heavy atom.